The molecule has 2 nitrogen and oxygen atoms in total. The van der Waals surface area contributed by atoms with E-state index in [9.17, 15) is 18.0 Å². The molecule has 0 bridgehead atoms. The molecule has 0 unspecified atom stereocenters. The minimum absolute atomic E-state index is 0.249. The Morgan fingerprint density at radius 2 is 1.57 bits per heavy atom. The Balaban J connectivity index is 2.11. The van der Waals surface area contributed by atoms with E-state index in [-0.39, 0.29) is 10.8 Å². The number of fused-ring (bicyclic) bond motifs is 3. The van der Waals surface area contributed by atoms with Crippen molar-refractivity contribution >= 4 is 32.7 Å². The third kappa shape index (κ3) is 2.16. The molecule has 4 rings (SSSR count). The van der Waals surface area contributed by atoms with Crippen LogP contribution in [0.4, 0.5) is 13.2 Å². The standard InChI is InChI=1S/C18H9F3O2/c19-18(20,21)12-6-5-10-9-16-14(8-11(10)7-12)17(22)13-3-1-2-4-15(13)23-16/h1-9H. The second-order valence-corrected chi connectivity index (χ2v) is 5.34. The molecule has 0 radical (unpaired) electrons. The fourth-order valence-corrected chi connectivity index (χ4v) is 2.72. The first-order valence-corrected chi connectivity index (χ1v) is 6.90. The van der Waals surface area contributed by atoms with E-state index in [1.54, 1.807) is 30.3 Å². The van der Waals surface area contributed by atoms with E-state index in [2.05, 4.69) is 0 Å². The number of para-hydroxylation sites is 1. The topological polar surface area (TPSA) is 30.2 Å². The summed E-state index contributed by atoms with van der Waals surface area (Å²) in [5.74, 6) is 0. The molecular weight excluding hydrogens is 305 g/mol. The van der Waals surface area contributed by atoms with Gasteiger partial charge in [0.1, 0.15) is 11.2 Å². The highest BCUT2D eigenvalue weighted by atomic mass is 19.4. The summed E-state index contributed by atoms with van der Waals surface area (Å²) in [5, 5.41) is 1.63. The molecule has 0 aliphatic heterocycles. The lowest BCUT2D eigenvalue weighted by atomic mass is 10.0. The van der Waals surface area contributed by atoms with Crippen molar-refractivity contribution in [2.75, 3.05) is 0 Å². The van der Waals surface area contributed by atoms with Crippen LogP contribution in [0.2, 0.25) is 0 Å². The summed E-state index contributed by atoms with van der Waals surface area (Å²) in [4.78, 5) is 12.5. The Morgan fingerprint density at radius 1 is 0.783 bits per heavy atom. The van der Waals surface area contributed by atoms with Crippen LogP contribution < -0.4 is 5.43 Å². The lowest BCUT2D eigenvalue weighted by molar-refractivity contribution is -0.137. The zero-order valence-electron chi connectivity index (χ0n) is 11.6. The van der Waals surface area contributed by atoms with Gasteiger partial charge in [-0.1, -0.05) is 18.2 Å². The second-order valence-electron chi connectivity index (χ2n) is 5.34. The van der Waals surface area contributed by atoms with Gasteiger partial charge >= 0.3 is 6.18 Å². The van der Waals surface area contributed by atoms with Gasteiger partial charge < -0.3 is 4.42 Å². The van der Waals surface area contributed by atoms with Crippen molar-refractivity contribution < 1.29 is 17.6 Å². The van der Waals surface area contributed by atoms with Crippen LogP contribution in [-0.2, 0) is 6.18 Å². The van der Waals surface area contributed by atoms with E-state index in [1.807, 2.05) is 0 Å². The van der Waals surface area contributed by atoms with E-state index in [4.69, 9.17) is 4.42 Å². The maximum atomic E-state index is 12.8. The second kappa shape index (κ2) is 4.59. The van der Waals surface area contributed by atoms with Gasteiger partial charge in [0.25, 0.3) is 0 Å². The van der Waals surface area contributed by atoms with E-state index in [0.717, 1.165) is 12.1 Å². The fourth-order valence-electron chi connectivity index (χ4n) is 2.72. The van der Waals surface area contributed by atoms with Gasteiger partial charge in [-0.2, -0.15) is 13.2 Å². The van der Waals surface area contributed by atoms with Crippen molar-refractivity contribution in [2.45, 2.75) is 6.18 Å². The first-order chi connectivity index (χ1) is 10.9. The van der Waals surface area contributed by atoms with Crippen molar-refractivity contribution in [1.82, 2.24) is 0 Å². The van der Waals surface area contributed by atoms with Crippen molar-refractivity contribution in [1.29, 1.82) is 0 Å². The Hall–Kier alpha value is -2.82. The monoisotopic (exact) mass is 314 g/mol. The first-order valence-electron chi connectivity index (χ1n) is 6.90. The minimum atomic E-state index is -4.42. The average molecular weight is 314 g/mol. The van der Waals surface area contributed by atoms with Crippen LogP contribution in [-0.4, -0.2) is 0 Å². The minimum Gasteiger partial charge on any atom is -0.456 e. The quantitative estimate of drug-likeness (QED) is 0.422. The van der Waals surface area contributed by atoms with Gasteiger partial charge in [-0.05, 0) is 47.2 Å². The molecule has 114 valence electrons. The summed E-state index contributed by atoms with van der Waals surface area (Å²) in [6.07, 6.45) is -4.42. The Bertz CT molecular complexity index is 1120. The van der Waals surface area contributed by atoms with Crippen molar-refractivity contribution in [3.63, 3.8) is 0 Å². The number of hydrogen-bond donors (Lipinski definition) is 0. The van der Waals surface area contributed by atoms with E-state index in [0.29, 0.717) is 27.3 Å². The summed E-state index contributed by atoms with van der Waals surface area (Å²) in [7, 11) is 0. The molecule has 0 amide bonds. The molecule has 0 N–H and O–H groups in total. The Morgan fingerprint density at radius 3 is 2.35 bits per heavy atom. The molecule has 5 heteroatoms. The molecule has 0 fully saturated rings. The molecule has 0 aliphatic carbocycles. The smallest absolute Gasteiger partial charge is 0.416 e. The van der Waals surface area contributed by atoms with Crippen LogP contribution in [0.3, 0.4) is 0 Å². The molecule has 0 spiro atoms. The largest absolute Gasteiger partial charge is 0.456 e. The van der Waals surface area contributed by atoms with E-state index < -0.39 is 11.7 Å². The van der Waals surface area contributed by atoms with Gasteiger partial charge in [0.05, 0.1) is 16.3 Å². The predicted molar refractivity (Wildman–Crippen MR) is 82.5 cm³/mol. The van der Waals surface area contributed by atoms with E-state index >= 15 is 0 Å². The van der Waals surface area contributed by atoms with Crippen LogP contribution in [0.1, 0.15) is 5.56 Å². The maximum absolute atomic E-state index is 12.8. The van der Waals surface area contributed by atoms with Crippen molar-refractivity contribution in [3.8, 4) is 0 Å². The summed E-state index contributed by atoms with van der Waals surface area (Å²) in [5.41, 5.74) is -0.173. The average Bonchev–Trinajstić information content (AvgIpc) is 2.52. The van der Waals surface area contributed by atoms with Gasteiger partial charge in [-0.3, -0.25) is 4.79 Å². The van der Waals surface area contributed by atoms with Gasteiger partial charge in [0.15, 0.2) is 0 Å². The third-order valence-electron chi connectivity index (χ3n) is 3.86. The van der Waals surface area contributed by atoms with Gasteiger partial charge in [-0.25, -0.2) is 0 Å². The summed E-state index contributed by atoms with van der Waals surface area (Å²) < 4.78 is 44.2. The fraction of sp³-hybridized carbons (Fsp3) is 0.0556. The number of hydrogen-bond acceptors (Lipinski definition) is 2. The Labute approximate surface area is 127 Å². The van der Waals surface area contributed by atoms with Crippen LogP contribution in [0.15, 0.2) is 63.8 Å². The normalized spacial score (nSPS) is 12.3. The molecule has 1 aromatic heterocycles. The molecule has 0 aliphatic rings. The number of halogens is 3. The van der Waals surface area contributed by atoms with Crippen LogP contribution in [0, 0.1) is 0 Å². The van der Waals surface area contributed by atoms with Gasteiger partial charge in [0, 0.05) is 0 Å². The maximum Gasteiger partial charge on any atom is 0.416 e. The summed E-state index contributed by atoms with van der Waals surface area (Å²) in [6.45, 7) is 0. The number of alkyl halides is 3. The molecule has 0 saturated carbocycles. The van der Waals surface area contributed by atoms with Crippen molar-refractivity contribution in [2.24, 2.45) is 0 Å². The van der Waals surface area contributed by atoms with Gasteiger partial charge in [-0.15, -0.1) is 0 Å². The van der Waals surface area contributed by atoms with Crippen LogP contribution in [0.25, 0.3) is 32.7 Å². The highest BCUT2D eigenvalue weighted by Gasteiger charge is 2.30. The third-order valence-corrected chi connectivity index (χ3v) is 3.86. The molecule has 0 atom stereocenters. The Kier molecular flexibility index (Phi) is 2.75. The first kappa shape index (κ1) is 13.8. The zero-order valence-corrected chi connectivity index (χ0v) is 11.6. The van der Waals surface area contributed by atoms with Crippen LogP contribution in [0.5, 0.6) is 0 Å². The zero-order chi connectivity index (χ0) is 16.2. The molecule has 0 saturated heterocycles. The van der Waals surface area contributed by atoms with E-state index in [1.165, 1.54) is 12.1 Å². The summed E-state index contributed by atoms with van der Waals surface area (Å²) >= 11 is 0. The summed E-state index contributed by atoms with van der Waals surface area (Å²) in [6, 6.07) is 13.3. The lowest BCUT2D eigenvalue weighted by Gasteiger charge is -2.08. The highest BCUT2D eigenvalue weighted by molar-refractivity contribution is 5.99. The molecular formula is C18H9F3O2. The molecule has 23 heavy (non-hydrogen) atoms. The molecule has 1 heterocycles. The SMILES string of the molecule is O=c1c2ccccc2oc2cc3ccc(C(F)(F)F)cc3cc12. The highest BCUT2D eigenvalue weighted by Crippen LogP contribution is 2.32. The molecule has 3 aromatic carbocycles. The number of benzene rings is 3. The van der Waals surface area contributed by atoms with Gasteiger partial charge in [0.2, 0.25) is 5.43 Å². The molecule has 4 aromatic rings. The van der Waals surface area contributed by atoms with Crippen LogP contribution >= 0.6 is 0 Å². The predicted octanol–water partition coefficient (Wildman–Crippen LogP) is 5.12. The number of rotatable bonds is 0. The van der Waals surface area contributed by atoms with Crippen molar-refractivity contribution in [3.05, 3.63) is 70.4 Å². The lowest BCUT2D eigenvalue weighted by Crippen LogP contribution is -2.05.